The van der Waals surface area contributed by atoms with Crippen LogP contribution in [0.25, 0.3) is 0 Å². The summed E-state index contributed by atoms with van der Waals surface area (Å²) in [7, 11) is 0. The smallest absolute Gasteiger partial charge is 0.396 e. The molecule has 0 aliphatic carbocycles. The molecule has 0 saturated carbocycles. The molecular weight excluding hydrogens is 195 g/mol. The summed E-state index contributed by atoms with van der Waals surface area (Å²) in [5.41, 5.74) is 0.178. The van der Waals surface area contributed by atoms with Crippen molar-refractivity contribution in [3.63, 3.8) is 0 Å². The molecule has 1 rings (SSSR count). The molecule has 0 N–H and O–H groups in total. The van der Waals surface area contributed by atoms with E-state index in [-0.39, 0.29) is 16.8 Å². The van der Waals surface area contributed by atoms with Crippen LogP contribution < -0.4 is 0 Å². The maximum Gasteiger partial charge on any atom is 0.396 e. The van der Waals surface area contributed by atoms with Gasteiger partial charge in [0.15, 0.2) is 0 Å². The van der Waals surface area contributed by atoms with Crippen molar-refractivity contribution in [3.8, 4) is 0 Å². The van der Waals surface area contributed by atoms with Crippen molar-refractivity contribution in [2.75, 3.05) is 0 Å². The van der Waals surface area contributed by atoms with Gasteiger partial charge in [0, 0.05) is 0 Å². The van der Waals surface area contributed by atoms with Gasteiger partial charge in [0.25, 0.3) is 5.35 Å². The molecular formula is C6H5ClF3NO. The number of hydrogen-bond acceptors (Lipinski definition) is 2. The first kappa shape index (κ1) is 9.38. The van der Waals surface area contributed by atoms with E-state index < -0.39 is 12.6 Å². The molecule has 0 aliphatic rings. The van der Waals surface area contributed by atoms with Gasteiger partial charge in [-0.05, 0) is 18.5 Å². The Morgan fingerprint density at radius 3 is 2.42 bits per heavy atom. The van der Waals surface area contributed by atoms with E-state index in [1.807, 2.05) is 0 Å². The Balaban J connectivity index is 2.82. The average Bonchev–Trinajstić information content (AvgIpc) is 2.06. The minimum Gasteiger partial charge on any atom is -0.432 e. The summed E-state index contributed by atoms with van der Waals surface area (Å²) in [4.78, 5) is 3.49. The largest absolute Gasteiger partial charge is 0.432 e. The van der Waals surface area contributed by atoms with Crippen LogP contribution >= 0.6 is 11.6 Å². The number of alkyl halides is 3. The predicted octanol–water partition coefficient (Wildman–Crippen LogP) is 2.74. The molecule has 0 unspecified atom stereocenters. The number of oxazole rings is 1. The maximum absolute atomic E-state index is 11.8. The van der Waals surface area contributed by atoms with E-state index >= 15 is 0 Å². The van der Waals surface area contributed by atoms with Gasteiger partial charge in [0.05, 0.1) is 5.69 Å². The molecule has 0 amide bonds. The van der Waals surface area contributed by atoms with Gasteiger partial charge in [-0.15, -0.1) is 0 Å². The third-order valence-electron chi connectivity index (χ3n) is 1.23. The summed E-state index contributed by atoms with van der Waals surface area (Å²) < 4.78 is 39.9. The van der Waals surface area contributed by atoms with Crippen molar-refractivity contribution < 1.29 is 17.6 Å². The summed E-state index contributed by atoms with van der Waals surface area (Å²) in [5.74, 6) is -0.229. The summed E-state index contributed by atoms with van der Waals surface area (Å²) >= 11 is 5.25. The normalized spacial score (nSPS) is 12.1. The fourth-order valence-electron chi connectivity index (χ4n) is 0.739. The van der Waals surface area contributed by atoms with Crippen LogP contribution in [0.3, 0.4) is 0 Å². The summed E-state index contributed by atoms with van der Waals surface area (Å²) in [5, 5.41) is -0.258. The molecule has 0 aromatic carbocycles. The highest BCUT2D eigenvalue weighted by molar-refractivity contribution is 6.27. The zero-order valence-electron chi connectivity index (χ0n) is 6.07. The minimum atomic E-state index is -4.28. The first-order valence-electron chi connectivity index (χ1n) is 3.07. The first-order chi connectivity index (χ1) is 5.38. The Bertz CT molecular complexity index is 281. The third kappa shape index (κ3) is 2.41. The minimum absolute atomic E-state index is 0.178. The van der Waals surface area contributed by atoms with Crippen LogP contribution in [0.5, 0.6) is 0 Å². The Morgan fingerprint density at radius 1 is 1.50 bits per heavy atom. The SMILES string of the molecule is Cc1nc(Cl)oc1CC(F)(F)F. The quantitative estimate of drug-likeness (QED) is 0.695. The van der Waals surface area contributed by atoms with Crippen molar-refractivity contribution in [2.24, 2.45) is 0 Å². The molecule has 0 bridgehead atoms. The lowest BCUT2D eigenvalue weighted by molar-refractivity contribution is -0.130. The van der Waals surface area contributed by atoms with Gasteiger partial charge in [-0.2, -0.15) is 13.2 Å². The van der Waals surface area contributed by atoms with E-state index in [4.69, 9.17) is 11.6 Å². The van der Waals surface area contributed by atoms with Gasteiger partial charge in [0.1, 0.15) is 12.2 Å². The molecule has 0 saturated heterocycles. The van der Waals surface area contributed by atoms with E-state index in [0.29, 0.717) is 0 Å². The van der Waals surface area contributed by atoms with Crippen molar-refractivity contribution in [1.82, 2.24) is 4.98 Å². The van der Waals surface area contributed by atoms with E-state index in [2.05, 4.69) is 9.40 Å². The number of rotatable bonds is 1. The molecule has 1 aromatic rings. The number of halogens is 4. The summed E-state index contributed by atoms with van der Waals surface area (Å²) in [6.45, 7) is 1.41. The second kappa shape index (κ2) is 2.97. The number of aryl methyl sites for hydroxylation is 1. The van der Waals surface area contributed by atoms with Crippen LogP contribution in [0.4, 0.5) is 13.2 Å². The second-order valence-corrected chi connectivity index (χ2v) is 2.59. The topological polar surface area (TPSA) is 26.0 Å². The molecule has 0 aliphatic heterocycles. The van der Waals surface area contributed by atoms with E-state index in [0.717, 1.165) is 0 Å². The fraction of sp³-hybridized carbons (Fsp3) is 0.500. The van der Waals surface area contributed by atoms with Crippen LogP contribution in [-0.4, -0.2) is 11.2 Å². The van der Waals surface area contributed by atoms with Crippen molar-refractivity contribution in [1.29, 1.82) is 0 Å². The molecule has 1 aromatic heterocycles. The Labute approximate surface area is 71.3 Å². The zero-order chi connectivity index (χ0) is 9.35. The van der Waals surface area contributed by atoms with Gasteiger partial charge in [0.2, 0.25) is 0 Å². The molecule has 0 atom stereocenters. The van der Waals surface area contributed by atoms with E-state index in [1.54, 1.807) is 0 Å². The number of hydrogen-bond donors (Lipinski definition) is 0. The predicted molar refractivity (Wildman–Crippen MR) is 36.0 cm³/mol. The Morgan fingerprint density at radius 2 is 2.08 bits per heavy atom. The van der Waals surface area contributed by atoms with Crippen LogP contribution in [0.2, 0.25) is 5.35 Å². The van der Waals surface area contributed by atoms with Gasteiger partial charge >= 0.3 is 6.18 Å². The zero-order valence-corrected chi connectivity index (χ0v) is 6.83. The van der Waals surface area contributed by atoms with Crippen LogP contribution in [0, 0.1) is 6.92 Å². The molecule has 0 fully saturated rings. The highest BCUT2D eigenvalue weighted by Gasteiger charge is 2.31. The van der Waals surface area contributed by atoms with E-state index in [9.17, 15) is 13.2 Å². The molecule has 0 radical (unpaired) electrons. The summed E-state index contributed by atoms with van der Waals surface area (Å²) in [6, 6.07) is 0. The highest BCUT2D eigenvalue weighted by atomic mass is 35.5. The van der Waals surface area contributed by atoms with Crippen LogP contribution in [0.1, 0.15) is 11.5 Å². The van der Waals surface area contributed by atoms with E-state index in [1.165, 1.54) is 6.92 Å². The molecule has 1 heterocycles. The number of nitrogens with zero attached hydrogens (tertiary/aromatic N) is 1. The van der Waals surface area contributed by atoms with Gasteiger partial charge in [-0.3, -0.25) is 0 Å². The van der Waals surface area contributed by atoms with Crippen molar-refractivity contribution in [2.45, 2.75) is 19.5 Å². The second-order valence-electron chi connectivity index (χ2n) is 2.27. The van der Waals surface area contributed by atoms with Gasteiger partial charge in [-0.25, -0.2) is 4.98 Å². The maximum atomic E-state index is 11.8. The first-order valence-corrected chi connectivity index (χ1v) is 3.45. The van der Waals surface area contributed by atoms with Crippen LogP contribution in [-0.2, 0) is 6.42 Å². The Hall–Kier alpha value is -0.710. The lowest BCUT2D eigenvalue weighted by Gasteiger charge is -2.02. The highest BCUT2D eigenvalue weighted by Crippen LogP contribution is 2.24. The molecule has 12 heavy (non-hydrogen) atoms. The van der Waals surface area contributed by atoms with Crippen LogP contribution in [0.15, 0.2) is 4.42 Å². The monoisotopic (exact) mass is 199 g/mol. The standard InChI is InChI=1S/C6H5ClF3NO/c1-3-4(2-6(8,9)10)12-5(7)11-3/h2H2,1H3. The molecule has 0 spiro atoms. The number of aromatic nitrogens is 1. The lowest BCUT2D eigenvalue weighted by Crippen LogP contribution is -2.11. The molecule has 6 heteroatoms. The third-order valence-corrected chi connectivity index (χ3v) is 1.39. The Kier molecular flexibility index (Phi) is 2.32. The molecule has 68 valence electrons. The lowest BCUT2D eigenvalue weighted by atomic mass is 10.3. The average molecular weight is 200 g/mol. The summed E-state index contributed by atoms with van der Waals surface area (Å²) in [6.07, 6.45) is -5.41. The van der Waals surface area contributed by atoms with Gasteiger partial charge < -0.3 is 4.42 Å². The van der Waals surface area contributed by atoms with Gasteiger partial charge in [-0.1, -0.05) is 0 Å². The van der Waals surface area contributed by atoms with Crippen molar-refractivity contribution >= 4 is 11.6 Å². The fourth-order valence-corrected chi connectivity index (χ4v) is 0.958. The van der Waals surface area contributed by atoms with Crippen molar-refractivity contribution in [3.05, 3.63) is 16.8 Å². The molecule has 2 nitrogen and oxygen atoms in total.